The second-order valence-electron chi connectivity index (χ2n) is 2.29. The summed E-state index contributed by atoms with van der Waals surface area (Å²) in [6.45, 7) is 0. The van der Waals surface area contributed by atoms with Gasteiger partial charge in [-0.3, -0.25) is 0 Å². The van der Waals surface area contributed by atoms with Crippen molar-refractivity contribution in [3.8, 4) is 0 Å². The molecule has 6 heteroatoms. The molecule has 0 aliphatic carbocycles. The van der Waals surface area contributed by atoms with Gasteiger partial charge in [-0.05, 0) is 6.07 Å². The lowest BCUT2D eigenvalue weighted by atomic mass is 10.2. The first-order chi connectivity index (χ1) is 6.02. The van der Waals surface area contributed by atoms with Crippen LogP contribution in [0.5, 0.6) is 0 Å². The summed E-state index contributed by atoms with van der Waals surface area (Å²) in [4.78, 5) is 2.79. The molecule has 1 rings (SSSR count). The summed E-state index contributed by atoms with van der Waals surface area (Å²) in [7, 11) is 0. The summed E-state index contributed by atoms with van der Waals surface area (Å²) in [5, 5.41) is 9.79. The van der Waals surface area contributed by atoms with Gasteiger partial charge in [0, 0.05) is 5.56 Å². The van der Waals surface area contributed by atoms with Gasteiger partial charge in [-0.25, -0.2) is 4.98 Å². The van der Waals surface area contributed by atoms with Crippen LogP contribution in [0.15, 0.2) is 12.1 Å². The number of pyridine rings is 1. The average molecular weight is 261 g/mol. The van der Waals surface area contributed by atoms with Crippen molar-refractivity contribution in [2.45, 2.75) is 10.9 Å². The third-order valence-electron chi connectivity index (χ3n) is 1.40. The molecule has 0 bridgehead atoms. The molecule has 0 radical (unpaired) electrons. The van der Waals surface area contributed by atoms with Crippen molar-refractivity contribution in [2.24, 2.45) is 0 Å². The number of hydrogen-bond donors (Lipinski definition) is 1. The second-order valence-corrected chi connectivity index (χ2v) is 4.20. The Morgan fingerprint density at radius 2 is 1.85 bits per heavy atom. The zero-order valence-electron chi connectivity index (χ0n) is 6.22. The van der Waals surface area contributed by atoms with E-state index in [1.165, 1.54) is 12.1 Å². The zero-order chi connectivity index (χ0) is 10.0. The SMILES string of the molecule is OC(c1ccc(Cl)nc1Cl)C(Cl)Cl. The Bertz CT molecular complexity index is 305. The maximum absolute atomic E-state index is 9.44. The Labute approximate surface area is 95.4 Å². The lowest BCUT2D eigenvalue weighted by Gasteiger charge is -2.12. The van der Waals surface area contributed by atoms with E-state index in [0.717, 1.165) is 0 Å². The van der Waals surface area contributed by atoms with Gasteiger partial charge in [0.2, 0.25) is 0 Å². The summed E-state index contributed by atoms with van der Waals surface area (Å²) < 4.78 is 0. The van der Waals surface area contributed by atoms with Crippen molar-refractivity contribution >= 4 is 46.4 Å². The van der Waals surface area contributed by atoms with Crippen LogP contribution in [-0.2, 0) is 0 Å². The van der Waals surface area contributed by atoms with E-state index in [9.17, 15) is 5.11 Å². The van der Waals surface area contributed by atoms with E-state index in [2.05, 4.69) is 4.98 Å². The predicted molar refractivity (Wildman–Crippen MR) is 54.7 cm³/mol. The predicted octanol–water partition coefficient (Wildman–Crippen LogP) is 3.23. The zero-order valence-corrected chi connectivity index (χ0v) is 9.24. The van der Waals surface area contributed by atoms with Gasteiger partial charge in [0.15, 0.2) is 0 Å². The normalized spacial score (nSPS) is 13.4. The van der Waals surface area contributed by atoms with E-state index in [1.807, 2.05) is 0 Å². The Morgan fingerprint density at radius 1 is 1.23 bits per heavy atom. The number of alkyl halides is 2. The van der Waals surface area contributed by atoms with Crippen LogP contribution in [0.25, 0.3) is 0 Å². The van der Waals surface area contributed by atoms with Gasteiger partial charge in [-0.2, -0.15) is 0 Å². The van der Waals surface area contributed by atoms with E-state index in [-0.39, 0.29) is 10.3 Å². The molecule has 13 heavy (non-hydrogen) atoms. The number of aromatic nitrogens is 1. The topological polar surface area (TPSA) is 33.1 Å². The molecular weight excluding hydrogens is 256 g/mol. The van der Waals surface area contributed by atoms with Crippen molar-refractivity contribution in [1.29, 1.82) is 0 Å². The molecule has 0 spiro atoms. The van der Waals surface area contributed by atoms with Crippen molar-refractivity contribution < 1.29 is 5.11 Å². The molecule has 0 aliphatic heterocycles. The molecule has 1 atom stereocenters. The molecule has 1 unspecified atom stereocenters. The molecule has 1 aromatic rings. The number of halogens is 4. The maximum atomic E-state index is 9.44. The van der Waals surface area contributed by atoms with Gasteiger partial charge < -0.3 is 5.11 Å². The smallest absolute Gasteiger partial charge is 0.137 e. The quantitative estimate of drug-likeness (QED) is 0.654. The minimum absolute atomic E-state index is 0.103. The molecule has 1 heterocycles. The van der Waals surface area contributed by atoms with Gasteiger partial charge in [-0.1, -0.05) is 29.3 Å². The number of aliphatic hydroxyl groups excluding tert-OH is 1. The molecule has 0 aliphatic rings. The van der Waals surface area contributed by atoms with Crippen LogP contribution in [0.3, 0.4) is 0 Å². The molecule has 0 aromatic carbocycles. The van der Waals surface area contributed by atoms with Crippen molar-refractivity contribution in [3.05, 3.63) is 28.0 Å². The van der Waals surface area contributed by atoms with Crippen LogP contribution in [0.1, 0.15) is 11.7 Å². The van der Waals surface area contributed by atoms with Crippen LogP contribution in [-0.4, -0.2) is 14.9 Å². The lowest BCUT2D eigenvalue weighted by molar-refractivity contribution is 0.192. The summed E-state index contributed by atoms with van der Waals surface area (Å²) in [6.07, 6.45) is -1.06. The van der Waals surface area contributed by atoms with Gasteiger partial charge in [0.25, 0.3) is 0 Å². The fraction of sp³-hybridized carbons (Fsp3) is 0.286. The molecule has 0 saturated heterocycles. The fourth-order valence-electron chi connectivity index (χ4n) is 0.779. The van der Waals surface area contributed by atoms with E-state index in [1.54, 1.807) is 0 Å². The van der Waals surface area contributed by atoms with Crippen molar-refractivity contribution in [2.75, 3.05) is 0 Å². The molecule has 0 fully saturated rings. The van der Waals surface area contributed by atoms with Crippen molar-refractivity contribution in [3.63, 3.8) is 0 Å². The van der Waals surface area contributed by atoms with Crippen LogP contribution in [0.4, 0.5) is 0 Å². The number of nitrogens with zero attached hydrogens (tertiary/aromatic N) is 1. The maximum Gasteiger partial charge on any atom is 0.137 e. The highest BCUT2D eigenvalue weighted by molar-refractivity contribution is 6.44. The molecule has 0 amide bonds. The monoisotopic (exact) mass is 259 g/mol. The number of rotatable bonds is 2. The van der Waals surface area contributed by atoms with Gasteiger partial charge in [0.1, 0.15) is 21.2 Å². The van der Waals surface area contributed by atoms with Crippen LogP contribution >= 0.6 is 46.4 Å². The third kappa shape index (κ3) is 2.86. The van der Waals surface area contributed by atoms with Crippen LogP contribution in [0.2, 0.25) is 10.3 Å². The van der Waals surface area contributed by atoms with E-state index in [0.29, 0.717) is 5.56 Å². The summed E-state index contributed by atoms with van der Waals surface area (Å²) >= 11 is 22.2. The highest BCUT2D eigenvalue weighted by atomic mass is 35.5. The molecule has 1 aromatic heterocycles. The fourth-order valence-corrected chi connectivity index (χ4v) is 1.51. The minimum Gasteiger partial charge on any atom is -0.385 e. The summed E-state index contributed by atoms with van der Waals surface area (Å²) in [5.41, 5.74) is 0.362. The van der Waals surface area contributed by atoms with Gasteiger partial charge in [-0.15, -0.1) is 23.2 Å². The molecule has 1 N–H and O–H groups in total. The van der Waals surface area contributed by atoms with Crippen LogP contribution in [0, 0.1) is 0 Å². The molecule has 2 nitrogen and oxygen atoms in total. The number of aliphatic hydroxyl groups is 1. The largest absolute Gasteiger partial charge is 0.385 e. The number of hydrogen-bond acceptors (Lipinski definition) is 2. The second kappa shape index (κ2) is 4.67. The minimum atomic E-state index is -1.06. The van der Waals surface area contributed by atoms with E-state index in [4.69, 9.17) is 46.4 Å². The van der Waals surface area contributed by atoms with Crippen LogP contribution < -0.4 is 0 Å². The highest BCUT2D eigenvalue weighted by Gasteiger charge is 2.19. The first kappa shape index (κ1) is 11.3. The van der Waals surface area contributed by atoms with E-state index < -0.39 is 10.9 Å². The first-order valence-corrected chi connectivity index (χ1v) is 4.93. The molecule has 0 saturated carbocycles. The highest BCUT2D eigenvalue weighted by Crippen LogP contribution is 2.29. The average Bonchev–Trinajstić information content (AvgIpc) is 2.03. The lowest BCUT2D eigenvalue weighted by Crippen LogP contribution is -2.07. The van der Waals surface area contributed by atoms with Crippen molar-refractivity contribution in [1.82, 2.24) is 4.98 Å². The summed E-state index contributed by atoms with van der Waals surface area (Å²) in [5.74, 6) is 0. The first-order valence-electron chi connectivity index (χ1n) is 3.30. The Kier molecular flexibility index (Phi) is 4.07. The third-order valence-corrected chi connectivity index (χ3v) is 2.39. The van der Waals surface area contributed by atoms with Gasteiger partial charge in [0.05, 0.1) is 0 Å². The summed E-state index contributed by atoms with van der Waals surface area (Å²) in [6, 6.07) is 3.03. The Morgan fingerprint density at radius 3 is 2.31 bits per heavy atom. The van der Waals surface area contributed by atoms with Gasteiger partial charge >= 0.3 is 0 Å². The Hall–Kier alpha value is 0.270. The van der Waals surface area contributed by atoms with E-state index >= 15 is 0 Å². The molecular formula is C7H5Cl4NO. The standard InChI is InChI=1S/C7H5Cl4NO/c8-4-2-1-3(7(11)12-4)5(13)6(9)10/h1-2,5-6,13H. The Balaban J connectivity index is 3.01. The molecule has 72 valence electrons.